The average Bonchev–Trinajstić information content (AvgIpc) is 2.78. The molecule has 0 atom stereocenters. The van der Waals surface area contributed by atoms with Crippen molar-refractivity contribution in [3.8, 4) is 5.75 Å². The number of amides is 2. The van der Waals surface area contributed by atoms with E-state index in [4.69, 9.17) is 27.9 Å². The minimum atomic E-state index is -0.936. The molecule has 2 amide bonds. The van der Waals surface area contributed by atoms with Crippen molar-refractivity contribution in [2.24, 2.45) is 5.10 Å². The number of carbonyl (C=O) groups is 3. The van der Waals surface area contributed by atoms with E-state index in [-0.39, 0.29) is 0 Å². The number of carbonyl (C=O) groups excluding carboxylic acids is 3. The SMILES string of the molecule is Cc1c(Cl)cccc1NC(=O)C(=O)NN=Cc1ccc(OC(=O)c2ccc(Cl)cc2)cc1. The second-order valence-electron chi connectivity index (χ2n) is 6.53. The average molecular weight is 470 g/mol. The first-order valence-corrected chi connectivity index (χ1v) is 10.1. The number of halogens is 2. The summed E-state index contributed by atoms with van der Waals surface area (Å²) < 4.78 is 5.29. The molecule has 0 aliphatic heterocycles. The Morgan fingerprint density at radius 2 is 1.59 bits per heavy atom. The number of hydrazone groups is 1. The van der Waals surface area contributed by atoms with Gasteiger partial charge in [0, 0.05) is 15.7 Å². The Bertz CT molecular complexity index is 1180. The van der Waals surface area contributed by atoms with Crippen molar-refractivity contribution in [1.29, 1.82) is 0 Å². The molecule has 0 spiro atoms. The minimum absolute atomic E-state index is 0.336. The van der Waals surface area contributed by atoms with Gasteiger partial charge in [-0.3, -0.25) is 9.59 Å². The quantitative estimate of drug-likeness (QED) is 0.187. The van der Waals surface area contributed by atoms with Gasteiger partial charge in [0.25, 0.3) is 0 Å². The number of benzene rings is 3. The van der Waals surface area contributed by atoms with Gasteiger partial charge in [0.2, 0.25) is 0 Å². The third-order valence-electron chi connectivity index (χ3n) is 4.27. The first kappa shape index (κ1) is 23.0. The smallest absolute Gasteiger partial charge is 0.343 e. The Labute approximate surface area is 194 Å². The fourth-order valence-electron chi connectivity index (χ4n) is 2.51. The van der Waals surface area contributed by atoms with Gasteiger partial charge in [0.1, 0.15) is 5.75 Å². The van der Waals surface area contributed by atoms with Crippen molar-refractivity contribution >= 4 is 52.9 Å². The summed E-state index contributed by atoms with van der Waals surface area (Å²) in [5.74, 6) is -2.00. The summed E-state index contributed by atoms with van der Waals surface area (Å²) in [5.41, 5.74) is 4.21. The van der Waals surface area contributed by atoms with E-state index in [1.807, 2.05) is 0 Å². The molecule has 162 valence electrons. The van der Waals surface area contributed by atoms with E-state index in [1.54, 1.807) is 73.7 Å². The normalized spacial score (nSPS) is 10.6. The molecular weight excluding hydrogens is 453 g/mol. The molecule has 0 saturated heterocycles. The largest absolute Gasteiger partial charge is 0.423 e. The number of esters is 1. The van der Waals surface area contributed by atoms with Crippen LogP contribution in [0.5, 0.6) is 5.75 Å². The Kier molecular flexibility index (Phi) is 7.59. The van der Waals surface area contributed by atoms with Crippen LogP contribution in [0.2, 0.25) is 10.0 Å². The van der Waals surface area contributed by atoms with Gasteiger partial charge in [0.05, 0.1) is 11.8 Å². The zero-order valence-corrected chi connectivity index (χ0v) is 18.3. The lowest BCUT2D eigenvalue weighted by Crippen LogP contribution is -2.32. The first-order chi connectivity index (χ1) is 15.3. The van der Waals surface area contributed by atoms with Crippen LogP contribution in [0.1, 0.15) is 21.5 Å². The highest BCUT2D eigenvalue weighted by Crippen LogP contribution is 2.22. The third kappa shape index (κ3) is 6.16. The highest BCUT2D eigenvalue weighted by Gasteiger charge is 2.14. The summed E-state index contributed by atoms with van der Waals surface area (Å²) in [6.45, 7) is 1.73. The van der Waals surface area contributed by atoms with Crippen molar-refractivity contribution in [3.63, 3.8) is 0 Å². The maximum atomic E-state index is 12.1. The van der Waals surface area contributed by atoms with Crippen LogP contribution in [-0.4, -0.2) is 24.0 Å². The highest BCUT2D eigenvalue weighted by molar-refractivity contribution is 6.40. The third-order valence-corrected chi connectivity index (χ3v) is 4.93. The number of ether oxygens (including phenoxy) is 1. The number of nitrogens with one attached hydrogen (secondary N) is 2. The second-order valence-corrected chi connectivity index (χ2v) is 7.37. The molecule has 0 saturated carbocycles. The van der Waals surface area contributed by atoms with E-state index in [9.17, 15) is 14.4 Å². The van der Waals surface area contributed by atoms with E-state index < -0.39 is 17.8 Å². The first-order valence-electron chi connectivity index (χ1n) is 9.31. The molecule has 9 heteroatoms. The summed E-state index contributed by atoms with van der Waals surface area (Å²) in [6.07, 6.45) is 1.35. The standard InChI is InChI=1S/C23H17Cl2N3O4/c1-14-19(25)3-2-4-20(14)27-21(29)22(30)28-26-13-15-5-11-18(12-6-15)32-23(31)16-7-9-17(24)10-8-16/h2-13H,1H3,(H,27,29)(H,28,30). The maximum absolute atomic E-state index is 12.1. The van der Waals surface area contributed by atoms with Crippen LogP contribution in [0.4, 0.5) is 5.69 Å². The van der Waals surface area contributed by atoms with Crippen molar-refractivity contribution in [3.05, 3.63) is 93.5 Å². The summed E-state index contributed by atoms with van der Waals surface area (Å²) in [7, 11) is 0. The lowest BCUT2D eigenvalue weighted by Gasteiger charge is -2.08. The van der Waals surface area contributed by atoms with E-state index in [2.05, 4.69) is 15.8 Å². The number of rotatable bonds is 5. The van der Waals surface area contributed by atoms with Gasteiger partial charge in [-0.1, -0.05) is 29.3 Å². The van der Waals surface area contributed by atoms with Crippen molar-refractivity contribution in [1.82, 2.24) is 5.43 Å². The fourth-order valence-corrected chi connectivity index (χ4v) is 2.81. The molecule has 3 aromatic carbocycles. The van der Waals surface area contributed by atoms with Crippen molar-refractivity contribution < 1.29 is 19.1 Å². The van der Waals surface area contributed by atoms with Gasteiger partial charge in [-0.05, 0) is 78.7 Å². The van der Waals surface area contributed by atoms with E-state index in [1.165, 1.54) is 6.21 Å². The van der Waals surface area contributed by atoms with Gasteiger partial charge in [-0.15, -0.1) is 0 Å². The molecule has 3 rings (SSSR count). The zero-order valence-electron chi connectivity index (χ0n) is 16.8. The Morgan fingerprint density at radius 1 is 0.906 bits per heavy atom. The van der Waals surface area contributed by atoms with Crippen LogP contribution in [0.25, 0.3) is 0 Å². The molecule has 0 aromatic heterocycles. The molecule has 0 fully saturated rings. The molecule has 2 N–H and O–H groups in total. The molecule has 0 bridgehead atoms. The lowest BCUT2D eigenvalue weighted by atomic mass is 10.2. The minimum Gasteiger partial charge on any atom is -0.423 e. The monoisotopic (exact) mass is 469 g/mol. The number of anilines is 1. The zero-order chi connectivity index (χ0) is 23.1. The number of nitrogens with zero attached hydrogens (tertiary/aromatic N) is 1. The molecule has 3 aromatic rings. The second kappa shape index (κ2) is 10.6. The van der Waals surface area contributed by atoms with Gasteiger partial charge >= 0.3 is 17.8 Å². The lowest BCUT2D eigenvalue weighted by molar-refractivity contribution is -0.136. The molecule has 0 unspecified atom stereocenters. The van der Waals surface area contributed by atoms with Gasteiger partial charge in [-0.2, -0.15) is 5.10 Å². The van der Waals surface area contributed by atoms with E-state index in [0.717, 1.165) is 0 Å². The molecule has 0 aliphatic carbocycles. The van der Waals surface area contributed by atoms with Gasteiger partial charge < -0.3 is 10.1 Å². The summed E-state index contributed by atoms with van der Waals surface area (Å²) >= 11 is 11.8. The molecule has 32 heavy (non-hydrogen) atoms. The Hall–Kier alpha value is -3.68. The van der Waals surface area contributed by atoms with Crippen molar-refractivity contribution in [2.45, 2.75) is 6.92 Å². The van der Waals surface area contributed by atoms with Crippen LogP contribution in [0.3, 0.4) is 0 Å². The molecule has 0 heterocycles. The summed E-state index contributed by atoms with van der Waals surface area (Å²) in [6, 6.07) is 17.7. The predicted molar refractivity (Wildman–Crippen MR) is 123 cm³/mol. The van der Waals surface area contributed by atoms with E-state index >= 15 is 0 Å². The Morgan fingerprint density at radius 3 is 2.28 bits per heavy atom. The predicted octanol–water partition coefficient (Wildman–Crippen LogP) is 4.61. The summed E-state index contributed by atoms with van der Waals surface area (Å²) in [4.78, 5) is 36.0. The topological polar surface area (TPSA) is 96.9 Å². The maximum Gasteiger partial charge on any atom is 0.343 e. The number of hydrogen-bond acceptors (Lipinski definition) is 5. The molecule has 7 nitrogen and oxygen atoms in total. The van der Waals surface area contributed by atoms with Crippen molar-refractivity contribution in [2.75, 3.05) is 5.32 Å². The molecule has 0 aliphatic rings. The molecular formula is C23H17Cl2N3O4. The highest BCUT2D eigenvalue weighted by atomic mass is 35.5. The van der Waals surface area contributed by atoms with Crippen LogP contribution in [-0.2, 0) is 9.59 Å². The van der Waals surface area contributed by atoms with Crippen LogP contribution in [0.15, 0.2) is 71.8 Å². The fraction of sp³-hybridized carbons (Fsp3) is 0.0435. The summed E-state index contributed by atoms with van der Waals surface area (Å²) in [5, 5.41) is 7.23. The Balaban J connectivity index is 1.52. The van der Waals surface area contributed by atoms with Gasteiger partial charge in [-0.25, -0.2) is 10.2 Å². The molecule has 0 radical (unpaired) electrons. The van der Waals surface area contributed by atoms with Crippen LogP contribution >= 0.6 is 23.2 Å². The number of hydrogen-bond donors (Lipinski definition) is 2. The van der Waals surface area contributed by atoms with Crippen LogP contribution < -0.4 is 15.5 Å². The van der Waals surface area contributed by atoms with Gasteiger partial charge in [0.15, 0.2) is 0 Å². The van der Waals surface area contributed by atoms with Crippen LogP contribution in [0, 0.1) is 6.92 Å². The van der Waals surface area contributed by atoms with E-state index in [0.29, 0.717) is 38.2 Å².